The number of rotatable bonds is 6. The van der Waals surface area contributed by atoms with E-state index in [1.54, 1.807) is 19.4 Å². The van der Waals surface area contributed by atoms with E-state index in [1.165, 1.54) is 5.69 Å². The van der Waals surface area contributed by atoms with Gasteiger partial charge in [-0.25, -0.2) is 0 Å². The molecular formula is C16H23BrIN5O. The predicted molar refractivity (Wildman–Crippen MR) is 111 cm³/mol. The minimum atomic E-state index is 0. The number of hydrogen-bond acceptors (Lipinski definition) is 3. The van der Waals surface area contributed by atoms with Crippen molar-refractivity contribution in [1.29, 1.82) is 0 Å². The molecule has 0 spiro atoms. The second-order valence-electron chi connectivity index (χ2n) is 5.13. The normalized spacial score (nSPS) is 10.9. The molecule has 2 aromatic rings. The number of halogens is 2. The Hall–Kier alpha value is -1.29. The number of aryl methyl sites for hydroxylation is 1. The first-order valence-electron chi connectivity index (χ1n) is 7.35. The Kier molecular flexibility index (Phi) is 9.12. The van der Waals surface area contributed by atoms with E-state index in [0.29, 0.717) is 13.2 Å². The maximum Gasteiger partial charge on any atom is 0.193 e. The van der Waals surface area contributed by atoms with Crippen LogP contribution in [0.5, 0.6) is 5.75 Å². The monoisotopic (exact) mass is 507 g/mol. The average Bonchev–Trinajstić information content (AvgIpc) is 2.85. The predicted octanol–water partition coefficient (Wildman–Crippen LogP) is 2.89. The molecule has 0 atom stereocenters. The highest BCUT2D eigenvalue weighted by Crippen LogP contribution is 2.14. The van der Waals surface area contributed by atoms with Crippen molar-refractivity contribution in [3.8, 4) is 5.75 Å². The molecular weight excluding hydrogens is 485 g/mol. The largest absolute Gasteiger partial charge is 0.490 e. The van der Waals surface area contributed by atoms with Crippen molar-refractivity contribution in [3.63, 3.8) is 0 Å². The molecule has 24 heavy (non-hydrogen) atoms. The lowest BCUT2D eigenvalue weighted by molar-refractivity contribution is 0.318. The summed E-state index contributed by atoms with van der Waals surface area (Å²) in [5.74, 6) is 1.60. The first kappa shape index (κ1) is 20.8. The number of nitrogens with one attached hydrogen (secondary N) is 1. The van der Waals surface area contributed by atoms with Crippen molar-refractivity contribution in [2.75, 3.05) is 27.2 Å². The van der Waals surface area contributed by atoms with Crippen LogP contribution in [-0.4, -0.2) is 47.7 Å². The first-order valence-corrected chi connectivity index (χ1v) is 8.15. The van der Waals surface area contributed by atoms with Crippen LogP contribution in [0.25, 0.3) is 0 Å². The summed E-state index contributed by atoms with van der Waals surface area (Å²) in [6.07, 6.45) is 5.47. The molecule has 0 aliphatic carbocycles. The van der Waals surface area contributed by atoms with Gasteiger partial charge >= 0.3 is 0 Å². The summed E-state index contributed by atoms with van der Waals surface area (Å²) in [5, 5.41) is 3.30. The van der Waals surface area contributed by atoms with Crippen LogP contribution in [0.15, 0.2) is 46.3 Å². The Morgan fingerprint density at radius 3 is 2.88 bits per heavy atom. The number of aliphatic imine (C=N–C) groups is 1. The van der Waals surface area contributed by atoms with Gasteiger partial charge in [0, 0.05) is 43.7 Å². The molecule has 0 fully saturated rings. The van der Waals surface area contributed by atoms with Crippen LogP contribution in [0.3, 0.4) is 0 Å². The summed E-state index contributed by atoms with van der Waals surface area (Å²) in [5.41, 5.74) is 1.20. The molecule has 6 nitrogen and oxygen atoms in total. The third kappa shape index (κ3) is 6.31. The summed E-state index contributed by atoms with van der Waals surface area (Å²) in [7, 11) is 5.83. The third-order valence-electron chi connectivity index (χ3n) is 3.34. The number of hydrogen-bond donors (Lipinski definition) is 1. The van der Waals surface area contributed by atoms with Gasteiger partial charge in [0.05, 0.1) is 19.3 Å². The quantitative estimate of drug-likeness (QED) is 0.283. The van der Waals surface area contributed by atoms with Crippen LogP contribution in [0.2, 0.25) is 0 Å². The number of pyridine rings is 1. The molecule has 132 valence electrons. The van der Waals surface area contributed by atoms with E-state index in [0.717, 1.165) is 22.7 Å². The van der Waals surface area contributed by atoms with Gasteiger partial charge in [-0.15, -0.1) is 24.0 Å². The molecule has 1 N–H and O–H groups in total. The lowest BCUT2D eigenvalue weighted by atomic mass is 10.4. The van der Waals surface area contributed by atoms with Crippen LogP contribution in [-0.2, 0) is 13.6 Å². The molecule has 8 heteroatoms. The zero-order valence-electron chi connectivity index (χ0n) is 14.1. The van der Waals surface area contributed by atoms with Crippen molar-refractivity contribution in [2.24, 2.45) is 12.0 Å². The molecule has 2 heterocycles. The standard InChI is InChI=1S/C16H22BrN5O.HI/c1-18-16(20-7-8-23-15-5-4-6-19-10-15)22(3)12-14-9-13(17)11-21(14)2;/h4-6,9-11H,7-8,12H2,1-3H3,(H,18,20);1H. The lowest BCUT2D eigenvalue weighted by Gasteiger charge is -2.22. The van der Waals surface area contributed by atoms with Gasteiger partial charge in [0.15, 0.2) is 5.96 Å². The molecule has 0 bridgehead atoms. The van der Waals surface area contributed by atoms with Crippen LogP contribution in [0.4, 0.5) is 0 Å². The molecule has 2 aromatic heterocycles. The summed E-state index contributed by atoms with van der Waals surface area (Å²) in [4.78, 5) is 10.4. The van der Waals surface area contributed by atoms with Crippen LogP contribution in [0.1, 0.15) is 5.69 Å². The van der Waals surface area contributed by atoms with Gasteiger partial charge in [-0.3, -0.25) is 9.98 Å². The fourth-order valence-corrected chi connectivity index (χ4v) is 2.76. The summed E-state index contributed by atoms with van der Waals surface area (Å²) >= 11 is 3.49. The smallest absolute Gasteiger partial charge is 0.193 e. The Morgan fingerprint density at radius 2 is 2.29 bits per heavy atom. The molecule has 0 unspecified atom stereocenters. The second kappa shape index (κ2) is 10.5. The van der Waals surface area contributed by atoms with E-state index in [-0.39, 0.29) is 24.0 Å². The molecule has 2 rings (SSSR count). The molecule has 0 aromatic carbocycles. The minimum Gasteiger partial charge on any atom is -0.490 e. The highest BCUT2D eigenvalue weighted by Gasteiger charge is 2.09. The van der Waals surface area contributed by atoms with E-state index < -0.39 is 0 Å². The van der Waals surface area contributed by atoms with Crippen LogP contribution >= 0.6 is 39.9 Å². The van der Waals surface area contributed by atoms with Crippen molar-refractivity contribution in [3.05, 3.63) is 47.0 Å². The van der Waals surface area contributed by atoms with E-state index in [2.05, 4.69) is 46.8 Å². The van der Waals surface area contributed by atoms with Crippen LogP contribution in [0, 0.1) is 0 Å². The second-order valence-corrected chi connectivity index (χ2v) is 6.04. The van der Waals surface area contributed by atoms with E-state index in [9.17, 15) is 0 Å². The highest BCUT2D eigenvalue weighted by atomic mass is 127. The van der Waals surface area contributed by atoms with E-state index >= 15 is 0 Å². The van der Waals surface area contributed by atoms with Gasteiger partial charge in [-0.1, -0.05) is 0 Å². The number of ether oxygens (including phenoxy) is 1. The Balaban J connectivity index is 0.00000288. The number of guanidine groups is 1. The van der Waals surface area contributed by atoms with Gasteiger partial charge in [0.2, 0.25) is 0 Å². The maximum absolute atomic E-state index is 5.61. The molecule has 0 saturated carbocycles. The lowest BCUT2D eigenvalue weighted by Crippen LogP contribution is -2.40. The van der Waals surface area contributed by atoms with Crippen molar-refractivity contribution >= 4 is 45.9 Å². The molecule has 0 amide bonds. The van der Waals surface area contributed by atoms with Gasteiger partial charge in [-0.2, -0.15) is 0 Å². The fourth-order valence-electron chi connectivity index (χ4n) is 2.19. The van der Waals surface area contributed by atoms with Gasteiger partial charge in [0.1, 0.15) is 12.4 Å². The molecule has 0 aliphatic heterocycles. The average molecular weight is 508 g/mol. The SMILES string of the molecule is CN=C(NCCOc1cccnc1)N(C)Cc1cc(Br)cn1C.I. The molecule has 0 aliphatic rings. The minimum absolute atomic E-state index is 0. The van der Waals surface area contributed by atoms with Gasteiger partial charge in [-0.05, 0) is 34.1 Å². The van der Waals surface area contributed by atoms with Gasteiger partial charge in [0.25, 0.3) is 0 Å². The topological polar surface area (TPSA) is 54.7 Å². The number of nitrogens with zero attached hydrogens (tertiary/aromatic N) is 4. The van der Waals surface area contributed by atoms with Gasteiger partial charge < -0.3 is 19.5 Å². The highest BCUT2D eigenvalue weighted by molar-refractivity contribution is 14.0. The first-order chi connectivity index (χ1) is 11.1. The van der Waals surface area contributed by atoms with E-state index in [1.807, 2.05) is 32.4 Å². The summed E-state index contributed by atoms with van der Waals surface area (Å²) in [6, 6.07) is 5.85. The fraction of sp³-hybridized carbons (Fsp3) is 0.375. The van der Waals surface area contributed by atoms with Crippen molar-refractivity contribution in [2.45, 2.75) is 6.54 Å². The zero-order chi connectivity index (χ0) is 16.7. The molecule has 0 radical (unpaired) electrons. The third-order valence-corrected chi connectivity index (χ3v) is 3.77. The summed E-state index contributed by atoms with van der Waals surface area (Å²) in [6.45, 7) is 1.99. The Labute approximate surface area is 168 Å². The number of aromatic nitrogens is 2. The van der Waals surface area contributed by atoms with Crippen LogP contribution < -0.4 is 10.1 Å². The van der Waals surface area contributed by atoms with E-state index in [4.69, 9.17) is 4.74 Å². The Bertz CT molecular complexity index is 647. The van der Waals surface area contributed by atoms with Crippen molar-refractivity contribution < 1.29 is 4.74 Å². The molecule has 0 saturated heterocycles. The summed E-state index contributed by atoms with van der Waals surface area (Å²) < 4.78 is 8.79. The Morgan fingerprint density at radius 1 is 1.50 bits per heavy atom. The maximum atomic E-state index is 5.61. The van der Waals surface area contributed by atoms with Crippen molar-refractivity contribution in [1.82, 2.24) is 19.8 Å². The zero-order valence-corrected chi connectivity index (χ0v) is 18.0.